The maximum absolute atomic E-state index is 12.7. The highest BCUT2D eigenvalue weighted by molar-refractivity contribution is 5.97. The maximum atomic E-state index is 12.7. The predicted octanol–water partition coefficient (Wildman–Crippen LogP) is 1.42. The highest BCUT2D eigenvalue weighted by Gasteiger charge is 2.44. The molecule has 1 fully saturated rings. The third kappa shape index (κ3) is 3.95. The summed E-state index contributed by atoms with van der Waals surface area (Å²) in [5.41, 5.74) is -0.291. The lowest BCUT2D eigenvalue weighted by Gasteiger charge is -2.43. The number of hydrogen-bond donors (Lipinski definition) is 1. The third-order valence-corrected chi connectivity index (χ3v) is 3.59. The number of carbonyl (C=O) groups is 2. The molecule has 2 atom stereocenters. The highest BCUT2D eigenvalue weighted by atomic mass is 16.5. The van der Waals surface area contributed by atoms with Crippen LogP contribution in [-0.4, -0.2) is 49.1 Å². The van der Waals surface area contributed by atoms with Crippen molar-refractivity contribution in [1.82, 2.24) is 10.2 Å². The molecule has 2 unspecified atom stereocenters. The van der Waals surface area contributed by atoms with Gasteiger partial charge in [0.1, 0.15) is 12.1 Å². The molecule has 0 radical (unpaired) electrons. The van der Waals surface area contributed by atoms with Gasteiger partial charge < -0.3 is 15.0 Å². The number of rotatable bonds is 5. The van der Waals surface area contributed by atoms with Crippen LogP contribution in [0.1, 0.15) is 41.0 Å². The van der Waals surface area contributed by atoms with Gasteiger partial charge >= 0.3 is 0 Å². The number of nitrogens with one attached hydrogen (secondary N) is 1. The Morgan fingerprint density at radius 1 is 1.30 bits per heavy atom. The van der Waals surface area contributed by atoms with Crippen molar-refractivity contribution in [2.24, 2.45) is 11.3 Å². The summed E-state index contributed by atoms with van der Waals surface area (Å²) in [5.74, 6) is 0.309. The van der Waals surface area contributed by atoms with Gasteiger partial charge in [0.15, 0.2) is 0 Å². The Bertz CT molecular complexity index is 361. The smallest absolute Gasteiger partial charge is 0.246 e. The quantitative estimate of drug-likeness (QED) is 0.830. The number of piperazine rings is 1. The van der Waals surface area contributed by atoms with Crippen molar-refractivity contribution < 1.29 is 14.3 Å². The first kappa shape index (κ1) is 17.0. The first-order chi connectivity index (χ1) is 9.18. The summed E-state index contributed by atoms with van der Waals surface area (Å²) in [6.45, 7) is 10.9. The number of nitrogens with zero attached hydrogens (tertiary/aromatic N) is 1. The molecule has 1 aliphatic heterocycles. The van der Waals surface area contributed by atoms with E-state index in [0.29, 0.717) is 25.5 Å². The fourth-order valence-electron chi connectivity index (χ4n) is 2.48. The maximum Gasteiger partial charge on any atom is 0.246 e. The van der Waals surface area contributed by atoms with E-state index in [-0.39, 0.29) is 23.3 Å². The zero-order chi connectivity index (χ0) is 15.5. The Hall–Kier alpha value is -1.10. The van der Waals surface area contributed by atoms with Gasteiger partial charge in [-0.3, -0.25) is 9.59 Å². The summed E-state index contributed by atoms with van der Waals surface area (Å²) in [7, 11) is 1.60. The normalized spacial score (nSPS) is 24.2. The topological polar surface area (TPSA) is 58.6 Å². The van der Waals surface area contributed by atoms with Gasteiger partial charge in [-0.25, -0.2) is 0 Å². The molecule has 116 valence electrons. The van der Waals surface area contributed by atoms with Crippen LogP contribution in [-0.2, 0) is 14.3 Å². The zero-order valence-corrected chi connectivity index (χ0v) is 13.5. The van der Waals surface area contributed by atoms with Gasteiger partial charge in [-0.05, 0) is 17.8 Å². The van der Waals surface area contributed by atoms with E-state index in [2.05, 4.69) is 19.2 Å². The lowest BCUT2D eigenvalue weighted by atomic mass is 9.83. The number of amides is 2. The molecule has 0 bridgehead atoms. The van der Waals surface area contributed by atoms with Crippen molar-refractivity contribution in [3.63, 3.8) is 0 Å². The Morgan fingerprint density at radius 3 is 2.35 bits per heavy atom. The van der Waals surface area contributed by atoms with Crippen molar-refractivity contribution in [3.05, 3.63) is 0 Å². The first-order valence-electron chi connectivity index (χ1n) is 7.28. The van der Waals surface area contributed by atoms with Crippen molar-refractivity contribution >= 4 is 11.8 Å². The average Bonchev–Trinajstić information content (AvgIpc) is 2.31. The molecule has 0 aromatic carbocycles. The minimum Gasteiger partial charge on any atom is -0.383 e. The van der Waals surface area contributed by atoms with Crippen molar-refractivity contribution in [1.29, 1.82) is 0 Å². The largest absolute Gasteiger partial charge is 0.383 e. The third-order valence-electron chi connectivity index (χ3n) is 3.59. The number of hydrogen-bond acceptors (Lipinski definition) is 3. The fraction of sp³-hybridized carbons (Fsp3) is 0.867. The summed E-state index contributed by atoms with van der Waals surface area (Å²) < 4.78 is 5.08. The van der Waals surface area contributed by atoms with Gasteiger partial charge in [-0.15, -0.1) is 0 Å². The van der Waals surface area contributed by atoms with Crippen molar-refractivity contribution in [2.45, 2.75) is 53.1 Å². The molecule has 1 aliphatic rings. The van der Waals surface area contributed by atoms with Crippen LogP contribution in [0, 0.1) is 11.3 Å². The summed E-state index contributed by atoms with van der Waals surface area (Å²) in [4.78, 5) is 26.7. The van der Waals surface area contributed by atoms with Gasteiger partial charge in [-0.1, -0.05) is 34.6 Å². The van der Waals surface area contributed by atoms with E-state index in [1.165, 1.54) is 0 Å². The van der Waals surface area contributed by atoms with Gasteiger partial charge in [-0.2, -0.15) is 0 Å². The average molecular weight is 284 g/mol. The van der Waals surface area contributed by atoms with Crippen LogP contribution in [0.2, 0.25) is 0 Å². The second-order valence-corrected chi connectivity index (χ2v) is 6.98. The van der Waals surface area contributed by atoms with Crippen LogP contribution < -0.4 is 5.32 Å². The summed E-state index contributed by atoms with van der Waals surface area (Å²) >= 11 is 0. The second-order valence-electron chi connectivity index (χ2n) is 6.98. The lowest BCUT2D eigenvalue weighted by molar-refractivity contribution is -0.153. The summed E-state index contributed by atoms with van der Waals surface area (Å²) in [6.07, 6.45) is 0.679. The molecular weight excluding hydrogens is 256 g/mol. The van der Waals surface area contributed by atoms with Gasteiger partial charge in [0, 0.05) is 13.7 Å². The molecular formula is C15H28N2O3. The molecule has 1 N–H and O–H groups in total. The van der Waals surface area contributed by atoms with Crippen molar-refractivity contribution in [2.75, 3.05) is 20.3 Å². The van der Waals surface area contributed by atoms with Gasteiger partial charge in [0.25, 0.3) is 0 Å². The molecule has 1 heterocycles. The van der Waals surface area contributed by atoms with E-state index >= 15 is 0 Å². The number of methoxy groups -OCH3 is 1. The molecule has 0 aromatic rings. The Kier molecular flexibility index (Phi) is 5.57. The fourth-order valence-corrected chi connectivity index (χ4v) is 2.48. The SMILES string of the molecule is COCCN1C(=O)C(C(C)(C)C)NC(=O)C1CC(C)C. The minimum absolute atomic E-state index is 0.000185. The predicted molar refractivity (Wildman–Crippen MR) is 78.2 cm³/mol. The van der Waals surface area contributed by atoms with E-state index in [4.69, 9.17) is 4.74 Å². The van der Waals surface area contributed by atoms with E-state index in [1.807, 2.05) is 20.8 Å². The molecule has 5 heteroatoms. The standard InChI is InChI=1S/C15H28N2O3/c1-10(2)9-11-13(18)16-12(15(3,4)5)14(19)17(11)7-8-20-6/h10-12H,7-9H2,1-6H3,(H,16,18). The Balaban J connectivity index is 2.98. The van der Waals surface area contributed by atoms with E-state index in [9.17, 15) is 9.59 Å². The molecule has 0 aromatic heterocycles. The number of carbonyl (C=O) groups excluding carboxylic acids is 2. The summed E-state index contributed by atoms with van der Waals surface area (Å²) in [5, 5.41) is 2.90. The highest BCUT2D eigenvalue weighted by Crippen LogP contribution is 2.26. The molecule has 0 aliphatic carbocycles. The molecule has 1 rings (SSSR count). The van der Waals surface area contributed by atoms with Crippen LogP contribution in [0.5, 0.6) is 0 Å². The van der Waals surface area contributed by atoms with E-state index in [1.54, 1.807) is 12.0 Å². The van der Waals surface area contributed by atoms with Crippen LogP contribution in [0.15, 0.2) is 0 Å². The van der Waals surface area contributed by atoms with E-state index in [0.717, 1.165) is 0 Å². The molecule has 0 saturated carbocycles. The molecule has 5 nitrogen and oxygen atoms in total. The molecule has 2 amide bonds. The van der Waals surface area contributed by atoms with Gasteiger partial charge in [0.2, 0.25) is 11.8 Å². The minimum atomic E-state index is -0.463. The van der Waals surface area contributed by atoms with Crippen LogP contribution in [0.3, 0.4) is 0 Å². The molecule has 0 spiro atoms. The number of ether oxygens (including phenoxy) is 1. The first-order valence-corrected chi connectivity index (χ1v) is 7.28. The zero-order valence-electron chi connectivity index (χ0n) is 13.5. The van der Waals surface area contributed by atoms with Crippen LogP contribution >= 0.6 is 0 Å². The summed E-state index contributed by atoms with van der Waals surface area (Å²) in [6, 6.07) is -0.841. The van der Waals surface area contributed by atoms with E-state index < -0.39 is 6.04 Å². The molecule has 1 saturated heterocycles. The monoisotopic (exact) mass is 284 g/mol. The van der Waals surface area contributed by atoms with Crippen LogP contribution in [0.25, 0.3) is 0 Å². The second kappa shape index (κ2) is 6.57. The Labute approximate surface area is 122 Å². The van der Waals surface area contributed by atoms with Crippen LogP contribution in [0.4, 0.5) is 0 Å². The lowest BCUT2D eigenvalue weighted by Crippen LogP contribution is -2.67. The van der Waals surface area contributed by atoms with Gasteiger partial charge in [0.05, 0.1) is 6.61 Å². The molecule has 20 heavy (non-hydrogen) atoms. The van der Waals surface area contributed by atoms with Crippen molar-refractivity contribution in [3.8, 4) is 0 Å². The Morgan fingerprint density at radius 2 is 1.90 bits per heavy atom.